The molecule has 0 aromatic heterocycles. The molecule has 0 heterocycles. The minimum atomic E-state index is -1.08. The molecule has 21 heavy (non-hydrogen) atoms. The molecule has 0 bridgehead atoms. The summed E-state index contributed by atoms with van der Waals surface area (Å²) in [4.78, 5) is 11.0. The number of carbonyl (C=O) groups is 1. The average molecular weight is 352 g/mol. The highest BCUT2D eigenvalue weighted by molar-refractivity contribution is 9.10. The summed E-state index contributed by atoms with van der Waals surface area (Å²) in [5.74, 6) is 0.109. The van der Waals surface area contributed by atoms with Gasteiger partial charge in [-0.05, 0) is 51.8 Å². The Bertz CT molecular complexity index is 673. The summed E-state index contributed by atoms with van der Waals surface area (Å²) in [5.41, 5.74) is 6.76. The minimum absolute atomic E-state index is 0.0309. The normalized spacial score (nSPS) is 10.2. The zero-order valence-corrected chi connectivity index (χ0v) is 12.9. The van der Waals surface area contributed by atoms with Crippen LogP contribution in [0.2, 0.25) is 0 Å². The van der Waals surface area contributed by atoms with Crippen molar-refractivity contribution < 1.29 is 19.4 Å². The highest BCUT2D eigenvalue weighted by atomic mass is 79.9. The Balaban J connectivity index is 2.11. The molecular formula is C15H14BrNO4. The number of ether oxygens (including phenoxy) is 2. The van der Waals surface area contributed by atoms with E-state index < -0.39 is 5.97 Å². The maximum Gasteiger partial charge on any atom is 0.337 e. The Morgan fingerprint density at radius 1 is 1.29 bits per heavy atom. The molecule has 2 rings (SSSR count). The predicted octanol–water partition coefficient (Wildman–Crippen LogP) is 3.32. The lowest BCUT2D eigenvalue weighted by Crippen LogP contribution is -2.03. The van der Waals surface area contributed by atoms with Gasteiger partial charge in [0.1, 0.15) is 18.1 Å². The van der Waals surface area contributed by atoms with Crippen LogP contribution >= 0.6 is 15.9 Å². The van der Waals surface area contributed by atoms with E-state index in [1.807, 2.05) is 18.2 Å². The Kier molecular flexibility index (Phi) is 4.70. The Hall–Kier alpha value is -2.21. The summed E-state index contributed by atoms with van der Waals surface area (Å²) in [7, 11) is 1.60. The van der Waals surface area contributed by atoms with Crippen LogP contribution in [-0.4, -0.2) is 18.2 Å². The fourth-order valence-electron chi connectivity index (χ4n) is 1.78. The van der Waals surface area contributed by atoms with Crippen molar-refractivity contribution in [3.8, 4) is 11.5 Å². The molecule has 0 fully saturated rings. The number of rotatable bonds is 5. The van der Waals surface area contributed by atoms with Crippen molar-refractivity contribution in [2.45, 2.75) is 6.61 Å². The molecule has 2 aromatic rings. The largest absolute Gasteiger partial charge is 0.496 e. The summed E-state index contributed by atoms with van der Waals surface area (Å²) in [5, 5.41) is 9.01. The van der Waals surface area contributed by atoms with Crippen LogP contribution in [0.3, 0.4) is 0 Å². The third-order valence-corrected chi connectivity index (χ3v) is 3.50. The summed E-state index contributed by atoms with van der Waals surface area (Å²) in [6.07, 6.45) is 0. The van der Waals surface area contributed by atoms with E-state index in [0.717, 1.165) is 15.8 Å². The number of carboxylic acid groups (broad SMARTS) is 1. The van der Waals surface area contributed by atoms with E-state index in [9.17, 15) is 4.79 Å². The summed E-state index contributed by atoms with van der Waals surface area (Å²) in [6, 6.07) is 10.2. The van der Waals surface area contributed by atoms with Crippen LogP contribution in [-0.2, 0) is 6.61 Å². The van der Waals surface area contributed by atoms with Crippen molar-refractivity contribution in [2.75, 3.05) is 12.8 Å². The molecule has 0 atom stereocenters. The van der Waals surface area contributed by atoms with Gasteiger partial charge < -0.3 is 20.3 Å². The number of carboxylic acids is 1. The topological polar surface area (TPSA) is 81.8 Å². The van der Waals surface area contributed by atoms with E-state index in [4.69, 9.17) is 20.3 Å². The zero-order valence-electron chi connectivity index (χ0n) is 11.3. The third kappa shape index (κ3) is 3.66. The molecule has 0 saturated carbocycles. The van der Waals surface area contributed by atoms with Crippen LogP contribution in [0.15, 0.2) is 40.9 Å². The molecule has 0 radical (unpaired) electrons. The van der Waals surface area contributed by atoms with Crippen LogP contribution in [0.1, 0.15) is 15.9 Å². The number of anilines is 1. The van der Waals surface area contributed by atoms with Gasteiger partial charge in [-0.1, -0.05) is 6.07 Å². The van der Waals surface area contributed by atoms with Gasteiger partial charge in [-0.3, -0.25) is 0 Å². The van der Waals surface area contributed by atoms with E-state index >= 15 is 0 Å². The number of benzene rings is 2. The SMILES string of the molecule is COc1ccc(COc2ccc(N)c(C(=O)O)c2)cc1Br. The first-order valence-electron chi connectivity index (χ1n) is 6.09. The van der Waals surface area contributed by atoms with Crippen LogP contribution in [0.25, 0.3) is 0 Å². The average Bonchev–Trinajstić information content (AvgIpc) is 2.46. The maximum atomic E-state index is 11.0. The van der Waals surface area contributed by atoms with Gasteiger partial charge in [-0.15, -0.1) is 0 Å². The summed E-state index contributed by atoms with van der Waals surface area (Å²) >= 11 is 3.40. The van der Waals surface area contributed by atoms with E-state index in [1.165, 1.54) is 12.1 Å². The number of nitrogen functional groups attached to an aromatic ring is 1. The fourth-order valence-corrected chi connectivity index (χ4v) is 2.36. The quantitative estimate of drug-likeness (QED) is 0.807. The molecule has 0 amide bonds. The number of aromatic carboxylic acids is 1. The van der Waals surface area contributed by atoms with Gasteiger partial charge in [0.25, 0.3) is 0 Å². The molecule has 0 saturated heterocycles. The smallest absolute Gasteiger partial charge is 0.337 e. The van der Waals surface area contributed by atoms with E-state index in [0.29, 0.717) is 12.4 Å². The summed E-state index contributed by atoms with van der Waals surface area (Å²) < 4.78 is 11.6. The van der Waals surface area contributed by atoms with Crippen molar-refractivity contribution in [3.05, 3.63) is 52.0 Å². The molecule has 3 N–H and O–H groups in total. The monoisotopic (exact) mass is 351 g/mol. The molecule has 110 valence electrons. The molecule has 0 unspecified atom stereocenters. The van der Waals surface area contributed by atoms with Gasteiger partial charge in [-0.2, -0.15) is 0 Å². The van der Waals surface area contributed by atoms with Crippen LogP contribution < -0.4 is 15.2 Å². The molecule has 5 nitrogen and oxygen atoms in total. The predicted molar refractivity (Wildman–Crippen MR) is 82.8 cm³/mol. The standard InChI is InChI=1S/C15H14BrNO4/c1-20-14-5-2-9(6-12(14)16)8-21-10-3-4-13(17)11(7-10)15(18)19/h2-7H,8,17H2,1H3,(H,18,19). The Morgan fingerprint density at radius 2 is 2.05 bits per heavy atom. The first-order valence-corrected chi connectivity index (χ1v) is 6.88. The summed E-state index contributed by atoms with van der Waals surface area (Å²) in [6.45, 7) is 0.311. The fraction of sp³-hybridized carbons (Fsp3) is 0.133. The van der Waals surface area contributed by atoms with Crippen molar-refractivity contribution >= 4 is 27.6 Å². The molecule has 6 heteroatoms. The Labute approximate surface area is 130 Å². The van der Waals surface area contributed by atoms with Gasteiger partial charge in [0.2, 0.25) is 0 Å². The Morgan fingerprint density at radius 3 is 2.67 bits per heavy atom. The maximum absolute atomic E-state index is 11.0. The number of halogens is 1. The minimum Gasteiger partial charge on any atom is -0.496 e. The number of nitrogens with two attached hydrogens (primary N) is 1. The van der Waals surface area contributed by atoms with Gasteiger partial charge in [0, 0.05) is 5.69 Å². The second-order valence-corrected chi connectivity index (χ2v) is 5.17. The molecule has 0 aliphatic rings. The first kappa shape index (κ1) is 15.2. The second-order valence-electron chi connectivity index (χ2n) is 4.31. The van der Waals surface area contributed by atoms with Crippen LogP contribution in [0.5, 0.6) is 11.5 Å². The molecule has 2 aromatic carbocycles. The number of hydrogen-bond donors (Lipinski definition) is 2. The lowest BCUT2D eigenvalue weighted by Gasteiger charge is -2.10. The highest BCUT2D eigenvalue weighted by Gasteiger charge is 2.09. The van der Waals surface area contributed by atoms with Crippen LogP contribution in [0.4, 0.5) is 5.69 Å². The lowest BCUT2D eigenvalue weighted by atomic mass is 10.1. The van der Waals surface area contributed by atoms with Gasteiger partial charge in [-0.25, -0.2) is 4.79 Å². The van der Waals surface area contributed by atoms with E-state index in [2.05, 4.69) is 15.9 Å². The highest BCUT2D eigenvalue weighted by Crippen LogP contribution is 2.26. The second kappa shape index (κ2) is 6.49. The molecule has 0 aliphatic carbocycles. The van der Waals surface area contributed by atoms with Crippen molar-refractivity contribution in [2.24, 2.45) is 0 Å². The van der Waals surface area contributed by atoms with Crippen molar-refractivity contribution in [1.82, 2.24) is 0 Å². The van der Waals surface area contributed by atoms with E-state index in [1.54, 1.807) is 13.2 Å². The third-order valence-electron chi connectivity index (χ3n) is 2.88. The van der Waals surface area contributed by atoms with Crippen molar-refractivity contribution in [3.63, 3.8) is 0 Å². The lowest BCUT2D eigenvalue weighted by molar-refractivity contribution is 0.0697. The van der Waals surface area contributed by atoms with E-state index in [-0.39, 0.29) is 11.3 Å². The number of hydrogen-bond acceptors (Lipinski definition) is 4. The zero-order chi connectivity index (χ0) is 15.4. The molecule has 0 spiro atoms. The van der Waals surface area contributed by atoms with Gasteiger partial charge in [0.15, 0.2) is 0 Å². The molecular weight excluding hydrogens is 338 g/mol. The number of methoxy groups -OCH3 is 1. The van der Waals surface area contributed by atoms with Gasteiger partial charge >= 0.3 is 5.97 Å². The first-order chi connectivity index (χ1) is 10.0. The van der Waals surface area contributed by atoms with Crippen LogP contribution in [0, 0.1) is 0 Å². The molecule has 0 aliphatic heterocycles. The van der Waals surface area contributed by atoms with Crippen molar-refractivity contribution in [1.29, 1.82) is 0 Å². The van der Waals surface area contributed by atoms with Gasteiger partial charge in [0.05, 0.1) is 17.1 Å².